The molecule has 166 valence electrons. The van der Waals surface area contributed by atoms with E-state index in [0.29, 0.717) is 17.4 Å². The van der Waals surface area contributed by atoms with Gasteiger partial charge < -0.3 is 14.8 Å². The molecule has 0 bridgehead atoms. The predicted molar refractivity (Wildman–Crippen MR) is 124 cm³/mol. The van der Waals surface area contributed by atoms with Gasteiger partial charge in [0.1, 0.15) is 11.9 Å². The van der Waals surface area contributed by atoms with Crippen molar-refractivity contribution < 1.29 is 18.7 Å². The van der Waals surface area contributed by atoms with Crippen LogP contribution in [0.2, 0.25) is 0 Å². The van der Waals surface area contributed by atoms with Crippen molar-refractivity contribution in [3.8, 4) is 0 Å². The molecule has 1 aliphatic heterocycles. The molecule has 31 heavy (non-hydrogen) atoms. The Bertz CT molecular complexity index is 933. The maximum Gasteiger partial charge on any atom is 0.250 e. The molecule has 2 aromatic carbocycles. The third-order valence-corrected chi connectivity index (χ3v) is 5.62. The van der Waals surface area contributed by atoms with Crippen molar-refractivity contribution in [3.63, 3.8) is 0 Å². The summed E-state index contributed by atoms with van der Waals surface area (Å²) in [6.45, 7) is 8.65. The molecular formula is C25H29BrFNO3. The van der Waals surface area contributed by atoms with Crippen molar-refractivity contribution >= 4 is 21.8 Å². The molecule has 2 aromatic rings. The van der Waals surface area contributed by atoms with E-state index in [-0.39, 0.29) is 30.0 Å². The second kappa shape index (κ2) is 10.1. The predicted octanol–water partition coefficient (Wildman–Crippen LogP) is 5.40. The molecule has 3 rings (SSSR count). The number of aryl methyl sites for hydroxylation is 1. The van der Waals surface area contributed by atoms with E-state index in [1.54, 1.807) is 12.1 Å². The fraction of sp³-hybridized carbons (Fsp3) is 0.400. The van der Waals surface area contributed by atoms with E-state index in [1.165, 1.54) is 17.7 Å². The monoisotopic (exact) mass is 489 g/mol. The number of hydrogen-bond acceptors (Lipinski definition) is 3. The number of halogens is 2. The lowest BCUT2D eigenvalue weighted by atomic mass is 9.96. The molecule has 0 saturated heterocycles. The molecule has 0 radical (unpaired) electrons. The zero-order valence-corrected chi connectivity index (χ0v) is 20.0. The van der Waals surface area contributed by atoms with E-state index in [0.717, 1.165) is 16.7 Å². The summed E-state index contributed by atoms with van der Waals surface area (Å²) >= 11 is 3.53. The van der Waals surface area contributed by atoms with Crippen LogP contribution in [-0.2, 0) is 20.8 Å². The van der Waals surface area contributed by atoms with Gasteiger partial charge in [0, 0.05) is 11.9 Å². The molecule has 6 heteroatoms. The quantitative estimate of drug-likeness (QED) is 0.529. The molecule has 2 atom stereocenters. The van der Waals surface area contributed by atoms with Gasteiger partial charge in [-0.1, -0.05) is 57.9 Å². The fourth-order valence-electron chi connectivity index (χ4n) is 3.54. The molecule has 1 N–H and O–H groups in total. The Morgan fingerprint density at radius 2 is 1.84 bits per heavy atom. The minimum Gasteiger partial charge on any atom is -0.367 e. The lowest BCUT2D eigenvalue weighted by Gasteiger charge is -2.27. The molecule has 0 aliphatic carbocycles. The molecule has 1 amide bonds. The fourth-order valence-corrected chi connectivity index (χ4v) is 4.06. The first-order chi connectivity index (χ1) is 14.7. The third kappa shape index (κ3) is 6.25. The zero-order valence-electron chi connectivity index (χ0n) is 18.4. The number of benzene rings is 2. The van der Waals surface area contributed by atoms with Gasteiger partial charge in [-0.2, -0.15) is 0 Å². The summed E-state index contributed by atoms with van der Waals surface area (Å²) in [5.74, 6) is -0.531. The van der Waals surface area contributed by atoms with Crippen molar-refractivity contribution in [3.05, 3.63) is 82.2 Å². The van der Waals surface area contributed by atoms with Crippen molar-refractivity contribution in [1.82, 2.24) is 5.32 Å². The highest BCUT2D eigenvalue weighted by atomic mass is 79.9. The SMILES string of the molecule is Cc1ccc(CNC(=O)C2=C(C(CBr)OC(C)(C)C)COC2c2ccc(F)cc2)cc1. The molecular weight excluding hydrogens is 461 g/mol. The Labute approximate surface area is 192 Å². The number of alkyl halides is 1. The number of nitrogens with one attached hydrogen (secondary N) is 1. The van der Waals surface area contributed by atoms with Crippen LogP contribution in [0, 0.1) is 12.7 Å². The second-order valence-corrected chi connectivity index (χ2v) is 9.37. The summed E-state index contributed by atoms with van der Waals surface area (Å²) in [5, 5.41) is 3.56. The van der Waals surface area contributed by atoms with Crippen LogP contribution in [0.1, 0.15) is 43.6 Å². The molecule has 1 heterocycles. The highest BCUT2D eigenvalue weighted by molar-refractivity contribution is 9.09. The molecule has 0 spiro atoms. The van der Waals surface area contributed by atoms with Gasteiger partial charge in [-0.3, -0.25) is 4.79 Å². The van der Waals surface area contributed by atoms with Gasteiger partial charge in [0.2, 0.25) is 0 Å². The van der Waals surface area contributed by atoms with E-state index in [4.69, 9.17) is 9.47 Å². The molecule has 2 unspecified atom stereocenters. The summed E-state index contributed by atoms with van der Waals surface area (Å²) < 4.78 is 25.7. The summed E-state index contributed by atoms with van der Waals surface area (Å²) in [5.41, 5.74) is 3.88. The highest BCUT2D eigenvalue weighted by Gasteiger charge is 2.37. The zero-order chi connectivity index (χ0) is 22.6. The van der Waals surface area contributed by atoms with Crippen LogP contribution in [0.25, 0.3) is 0 Å². The number of ether oxygens (including phenoxy) is 2. The second-order valence-electron chi connectivity index (χ2n) is 8.72. The summed E-state index contributed by atoms with van der Waals surface area (Å²) in [6.07, 6.45) is -0.885. The number of rotatable bonds is 7. The molecule has 0 aromatic heterocycles. The molecule has 4 nitrogen and oxygen atoms in total. The molecule has 1 aliphatic rings. The van der Waals surface area contributed by atoms with Gasteiger partial charge in [-0.25, -0.2) is 4.39 Å². The summed E-state index contributed by atoms with van der Waals surface area (Å²) in [7, 11) is 0. The van der Waals surface area contributed by atoms with Crippen LogP contribution >= 0.6 is 15.9 Å². The summed E-state index contributed by atoms with van der Waals surface area (Å²) in [6, 6.07) is 14.1. The highest BCUT2D eigenvalue weighted by Crippen LogP contribution is 2.38. The Morgan fingerprint density at radius 1 is 1.19 bits per heavy atom. The van der Waals surface area contributed by atoms with E-state index < -0.39 is 6.10 Å². The van der Waals surface area contributed by atoms with Crippen LogP contribution in [0.15, 0.2) is 59.7 Å². The van der Waals surface area contributed by atoms with Gasteiger partial charge in [-0.05, 0) is 56.5 Å². The Morgan fingerprint density at radius 3 is 2.42 bits per heavy atom. The van der Waals surface area contributed by atoms with Crippen molar-refractivity contribution in [1.29, 1.82) is 0 Å². The van der Waals surface area contributed by atoms with Crippen molar-refractivity contribution in [2.75, 3.05) is 11.9 Å². The number of carbonyl (C=O) groups is 1. The lowest BCUT2D eigenvalue weighted by molar-refractivity contribution is -0.118. The van der Waals surface area contributed by atoms with E-state index in [9.17, 15) is 9.18 Å². The Kier molecular flexibility index (Phi) is 7.68. The normalized spacial score (nSPS) is 17.7. The maximum atomic E-state index is 13.5. The maximum absolute atomic E-state index is 13.5. The van der Waals surface area contributed by atoms with Crippen LogP contribution in [0.4, 0.5) is 4.39 Å². The summed E-state index contributed by atoms with van der Waals surface area (Å²) in [4.78, 5) is 13.3. The third-order valence-electron chi connectivity index (χ3n) is 5.03. The molecule has 0 fully saturated rings. The first-order valence-electron chi connectivity index (χ1n) is 10.4. The largest absolute Gasteiger partial charge is 0.367 e. The van der Waals surface area contributed by atoms with Gasteiger partial charge in [0.15, 0.2) is 0 Å². The van der Waals surface area contributed by atoms with E-state index in [1.807, 2.05) is 52.0 Å². The standard InChI is InChI=1S/C25H29BrFNO3/c1-16-5-7-17(8-6-16)14-28-24(29)22-20(21(13-26)31-25(2,3)4)15-30-23(22)18-9-11-19(27)12-10-18/h5-12,21,23H,13-15H2,1-4H3,(H,28,29). The number of amides is 1. The van der Waals surface area contributed by atoms with Gasteiger partial charge >= 0.3 is 0 Å². The van der Waals surface area contributed by atoms with Gasteiger partial charge in [0.25, 0.3) is 5.91 Å². The number of hydrogen-bond donors (Lipinski definition) is 1. The minimum absolute atomic E-state index is 0.203. The number of carbonyl (C=O) groups excluding carboxylic acids is 1. The van der Waals surface area contributed by atoms with Crippen LogP contribution < -0.4 is 5.32 Å². The van der Waals surface area contributed by atoms with Gasteiger partial charge in [0.05, 0.1) is 23.9 Å². The topological polar surface area (TPSA) is 47.6 Å². The van der Waals surface area contributed by atoms with Crippen molar-refractivity contribution in [2.24, 2.45) is 0 Å². The van der Waals surface area contributed by atoms with Crippen LogP contribution in [0.3, 0.4) is 0 Å². The average molecular weight is 490 g/mol. The Balaban J connectivity index is 1.91. The molecule has 0 saturated carbocycles. The average Bonchev–Trinajstić information content (AvgIpc) is 3.16. The minimum atomic E-state index is -0.571. The van der Waals surface area contributed by atoms with E-state index in [2.05, 4.69) is 21.2 Å². The lowest BCUT2D eigenvalue weighted by Crippen LogP contribution is -2.33. The first kappa shape index (κ1) is 23.6. The smallest absolute Gasteiger partial charge is 0.250 e. The van der Waals surface area contributed by atoms with E-state index >= 15 is 0 Å². The van der Waals surface area contributed by atoms with Crippen LogP contribution in [-0.4, -0.2) is 29.5 Å². The van der Waals surface area contributed by atoms with Gasteiger partial charge in [-0.15, -0.1) is 0 Å². The van der Waals surface area contributed by atoms with Crippen LogP contribution in [0.5, 0.6) is 0 Å². The first-order valence-corrected chi connectivity index (χ1v) is 11.5. The van der Waals surface area contributed by atoms with Crippen molar-refractivity contribution in [2.45, 2.75) is 52.0 Å². The Hall–Kier alpha value is -2.02.